The topological polar surface area (TPSA) is 0 Å². The molecule has 11 heavy (non-hydrogen) atoms. The van der Waals surface area contributed by atoms with Gasteiger partial charge >= 0.3 is 23.1 Å². The zero-order chi connectivity index (χ0) is 5.82. The van der Waals surface area contributed by atoms with Gasteiger partial charge in [0.05, 0.1) is 0 Å². The molecule has 0 atom stereocenters. The molecule has 0 heterocycles. The average molecular weight is 246 g/mol. The quantitative estimate of drug-likeness (QED) is 0.452. The van der Waals surface area contributed by atoms with Gasteiger partial charge in [-0.1, -0.05) is 35.9 Å². The minimum absolute atomic E-state index is 0. The van der Waals surface area contributed by atoms with E-state index < -0.39 is 0 Å². The van der Waals surface area contributed by atoms with E-state index in [0.29, 0.717) is 0 Å². The third-order valence-corrected chi connectivity index (χ3v) is 1.13. The predicted octanol–water partition coefficient (Wildman–Crippen LogP) is -0.736. The summed E-state index contributed by atoms with van der Waals surface area (Å²) in [7, 11) is 0. The first-order chi connectivity index (χ1) is 3.93. The molecule has 0 aliphatic heterocycles. The smallest absolute Gasteiger partial charge is 1.00 e. The summed E-state index contributed by atoms with van der Waals surface area (Å²) >= 11 is 0. The second kappa shape index (κ2) is 10.8. The number of rotatable bonds is 1. The third kappa shape index (κ3) is 7.13. The summed E-state index contributed by atoms with van der Waals surface area (Å²) in [4.78, 5) is 0. The summed E-state index contributed by atoms with van der Waals surface area (Å²) in [6.45, 7) is 3.76. The van der Waals surface area contributed by atoms with Gasteiger partial charge in [0.1, 0.15) is 0 Å². The van der Waals surface area contributed by atoms with E-state index >= 15 is 0 Å². The Morgan fingerprint density at radius 3 is 1.82 bits per heavy atom. The molecule has 0 saturated heterocycles. The van der Waals surface area contributed by atoms with Crippen LogP contribution in [0.4, 0.5) is 0 Å². The first-order valence-corrected chi connectivity index (χ1v) is 2.76. The molecule has 0 unspecified atom stereocenters. The zero-order valence-electron chi connectivity index (χ0n) is 6.29. The van der Waals surface area contributed by atoms with E-state index in [-0.39, 0.29) is 52.4 Å². The van der Waals surface area contributed by atoms with Crippen LogP contribution in [0.15, 0.2) is 30.3 Å². The predicted molar refractivity (Wildman–Crippen MR) is 51.6 cm³/mol. The fourth-order valence-electron chi connectivity index (χ4n) is 0.645. The van der Waals surface area contributed by atoms with Crippen LogP contribution in [-0.4, -0.2) is 23.1 Å². The van der Waals surface area contributed by atoms with E-state index in [2.05, 4.69) is 19.1 Å². The Bertz CT molecular complexity index is 155. The van der Waals surface area contributed by atoms with E-state index in [0.717, 1.165) is 6.42 Å². The Balaban J connectivity index is -0.000000213. The van der Waals surface area contributed by atoms with Crippen molar-refractivity contribution < 1.29 is 12.4 Å². The summed E-state index contributed by atoms with van der Waals surface area (Å²) in [6, 6.07) is 10.2. The Kier molecular flexibility index (Phi) is 17.3. The molecule has 0 saturated carbocycles. The molecule has 0 amide bonds. The molecule has 0 aliphatic rings. The van der Waals surface area contributed by atoms with Gasteiger partial charge in [0.2, 0.25) is 0 Å². The van der Waals surface area contributed by atoms with Crippen molar-refractivity contribution >= 4 is 40.0 Å². The van der Waals surface area contributed by atoms with E-state index in [4.69, 9.17) is 0 Å². The summed E-state index contributed by atoms with van der Waals surface area (Å²) in [5.41, 5.74) is 1.30. The maximum absolute atomic E-state index is 3.76. The fraction of sp³-hybridized carbons (Fsp3) is 0.125. The van der Waals surface area contributed by atoms with Crippen LogP contribution in [-0.2, 0) is 6.42 Å². The van der Waals surface area contributed by atoms with Gasteiger partial charge in [0.25, 0.3) is 0 Å². The van der Waals surface area contributed by atoms with Crippen molar-refractivity contribution in [2.45, 2.75) is 6.42 Å². The van der Waals surface area contributed by atoms with Crippen LogP contribution in [0.2, 0.25) is 0 Å². The molecule has 1 aromatic carbocycles. The van der Waals surface area contributed by atoms with Crippen LogP contribution in [0, 0.1) is 6.92 Å². The Morgan fingerprint density at radius 2 is 1.55 bits per heavy atom. The Hall–Kier alpha value is 0.756. The molecule has 0 radical (unpaired) electrons. The largest absolute Gasteiger partial charge is 2.00 e. The van der Waals surface area contributed by atoms with E-state index in [1.165, 1.54) is 5.56 Å². The molecule has 0 bridgehead atoms. The fourth-order valence-corrected chi connectivity index (χ4v) is 0.645. The van der Waals surface area contributed by atoms with Crippen molar-refractivity contribution in [3.63, 3.8) is 0 Å². The van der Waals surface area contributed by atoms with Gasteiger partial charge in [-0.15, -0.1) is 17.0 Å². The molecule has 1 rings (SSSR count). The van der Waals surface area contributed by atoms with Crippen molar-refractivity contribution in [1.82, 2.24) is 0 Å². The standard InChI is InChI=1S/C8H9.BrH.ClH.Mg/c1-2-8-6-4-3-5-7-8;;;/h3-7H,1-2H2;2*1H;/q-1;;;+2/p-1. The minimum Gasteiger partial charge on any atom is -1.00 e. The van der Waals surface area contributed by atoms with E-state index in [1.807, 2.05) is 18.2 Å². The second-order valence-corrected chi connectivity index (χ2v) is 1.74. The zero-order valence-corrected chi connectivity index (χ0v) is 10.2. The normalized spacial score (nSPS) is 6.64. The van der Waals surface area contributed by atoms with Gasteiger partial charge in [-0.05, 0) is 0 Å². The average Bonchev–Trinajstić information content (AvgIpc) is 1.90. The molecule has 0 spiro atoms. The molecule has 0 aliphatic carbocycles. The molecule has 1 aromatic rings. The van der Waals surface area contributed by atoms with Crippen LogP contribution in [0.3, 0.4) is 0 Å². The van der Waals surface area contributed by atoms with Crippen molar-refractivity contribution in [3.8, 4) is 0 Å². The van der Waals surface area contributed by atoms with Crippen molar-refractivity contribution in [1.29, 1.82) is 0 Å². The number of benzene rings is 1. The van der Waals surface area contributed by atoms with Crippen molar-refractivity contribution in [2.24, 2.45) is 0 Å². The summed E-state index contributed by atoms with van der Waals surface area (Å²) in [5, 5.41) is 0. The van der Waals surface area contributed by atoms with Crippen LogP contribution in [0.25, 0.3) is 0 Å². The van der Waals surface area contributed by atoms with Gasteiger partial charge in [-0.2, -0.15) is 6.42 Å². The van der Waals surface area contributed by atoms with Gasteiger partial charge in [0, 0.05) is 0 Å². The SMILES string of the molecule is Br.[CH2-]Cc1ccccc1.[Cl-].[Mg+2]. The molecule has 0 aromatic heterocycles. The second-order valence-electron chi connectivity index (χ2n) is 1.74. The Labute approximate surface area is 101 Å². The molecule has 0 nitrogen and oxygen atoms in total. The summed E-state index contributed by atoms with van der Waals surface area (Å²) in [6.07, 6.45) is 0.890. The van der Waals surface area contributed by atoms with Crippen molar-refractivity contribution in [2.75, 3.05) is 0 Å². The van der Waals surface area contributed by atoms with Gasteiger partial charge in [-0.3, -0.25) is 0 Å². The summed E-state index contributed by atoms with van der Waals surface area (Å²) < 4.78 is 0. The van der Waals surface area contributed by atoms with Gasteiger partial charge in [-0.25, -0.2) is 0 Å². The molecular formula is C8H10BrClMg. The molecular weight excluding hydrogens is 236 g/mol. The number of hydrogen-bond acceptors (Lipinski definition) is 0. The minimum atomic E-state index is 0. The number of hydrogen-bond donors (Lipinski definition) is 0. The van der Waals surface area contributed by atoms with Gasteiger partial charge < -0.3 is 19.3 Å². The monoisotopic (exact) mass is 244 g/mol. The van der Waals surface area contributed by atoms with Crippen LogP contribution >= 0.6 is 17.0 Å². The number of halogens is 2. The van der Waals surface area contributed by atoms with Crippen molar-refractivity contribution in [3.05, 3.63) is 42.8 Å². The van der Waals surface area contributed by atoms with Crippen LogP contribution in [0.5, 0.6) is 0 Å². The maximum atomic E-state index is 3.76. The van der Waals surface area contributed by atoms with Crippen LogP contribution in [0.1, 0.15) is 5.56 Å². The summed E-state index contributed by atoms with van der Waals surface area (Å²) in [5.74, 6) is 0. The molecule has 0 N–H and O–H groups in total. The first kappa shape index (κ1) is 17.7. The maximum Gasteiger partial charge on any atom is 2.00 e. The van der Waals surface area contributed by atoms with E-state index in [1.54, 1.807) is 0 Å². The molecule has 3 heteroatoms. The van der Waals surface area contributed by atoms with E-state index in [9.17, 15) is 0 Å². The third-order valence-electron chi connectivity index (χ3n) is 1.13. The van der Waals surface area contributed by atoms with Gasteiger partial charge in [0.15, 0.2) is 0 Å². The molecule has 58 valence electrons. The Morgan fingerprint density at radius 1 is 1.09 bits per heavy atom. The first-order valence-electron chi connectivity index (χ1n) is 2.76. The van der Waals surface area contributed by atoms with Crippen LogP contribution < -0.4 is 12.4 Å². The molecule has 0 fully saturated rings.